The number of non-ortho nitro benzene ring substituents is 1. The first-order valence-corrected chi connectivity index (χ1v) is 8.58. The molecule has 2 aromatic rings. The molecule has 2 aromatic carbocycles. The van der Waals surface area contributed by atoms with Gasteiger partial charge >= 0.3 is 0 Å². The highest BCUT2D eigenvalue weighted by Gasteiger charge is 2.10. The lowest BCUT2D eigenvalue weighted by atomic mass is 10.1. The molecule has 0 saturated heterocycles. The number of amides is 2. The summed E-state index contributed by atoms with van der Waals surface area (Å²) in [5.74, 6) is -0.586. The third-order valence-electron chi connectivity index (χ3n) is 3.41. The number of nitrogens with one attached hydrogen (secondary N) is 2. The van der Waals surface area contributed by atoms with Gasteiger partial charge in [0, 0.05) is 22.2 Å². The van der Waals surface area contributed by atoms with Gasteiger partial charge in [0.05, 0.1) is 17.0 Å². The summed E-state index contributed by atoms with van der Waals surface area (Å²) < 4.78 is 0.816. The summed E-state index contributed by atoms with van der Waals surface area (Å²) in [6, 6.07) is 13.3. The number of rotatable bonds is 7. The van der Waals surface area contributed by atoms with E-state index in [-0.39, 0.29) is 24.0 Å². The second-order valence-corrected chi connectivity index (χ2v) is 6.35. The van der Waals surface area contributed by atoms with Crippen LogP contribution in [0.15, 0.2) is 48.5 Å². The fourth-order valence-electron chi connectivity index (χ4n) is 2.09. The van der Waals surface area contributed by atoms with Gasteiger partial charge in [-0.25, -0.2) is 0 Å². The number of benzene rings is 2. The van der Waals surface area contributed by atoms with Gasteiger partial charge in [-0.05, 0) is 46.7 Å². The van der Waals surface area contributed by atoms with Gasteiger partial charge < -0.3 is 10.6 Å². The molecule has 0 radical (unpaired) electrons. The van der Waals surface area contributed by atoms with E-state index in [4.69, 9.17) is 0 Å². The Morgan fingerprint density at radius 1 is 1.04 bits per heavy atom. The molecule has 0 aromatic heterocycles. The van der Waals surface area contributed by atoms with E-state index in [1.54, 1.807) is 24.3 Å². The second-order valence-electron chi connectivity index (χ2n) is 5.19. The van der Waals surface area contributed by atoms with Gasteiger partial charge in [-0.2, -0.15) is 0 Å². The number of hydrogen-bond acceptors (Lipinski definition) is 4. The van der Waals surface area contributed by atoms with Crippen molar-refractivity contribution in [2.45, 2.75) is 6.42 Å². The van der Waals surface area contributed by atoms with Crippen molar-refractivity contribution in [1.29, 1.82) is 0 Å². The lowest BCUT2D eigenvalue weighted by Gasteiger charge is -2.08. The zero-order chi connectivity index (χ0) is 18.2. The molecule has 0 aliphatic carbocycles. The van der Waals surface area contributed by atoms with Gasteiger partial charge in [-0.3, -0.25) is 19.7 Å². The Kier molecular flexibility index (Phi) is 6.87. The summed E-state index contributed by atoms with van der Waals surface area (Å²) in [5, 5.41) is 15.9. The summed E-state index contributed by atoms with van der Waals surface area (Å²) in [4.78, 5) is 33.9. The molecule has 0 saturated carbocycles. The molecule has 0 aliphatic rings. The standard InChI is InChI=1S/C17H16IN3O4/c18-15-4-2-1-3-14(15)17(23)20-11-16(22)19-10-9-12-5-7-13(8-6-12)21(24)25/h1-8H,9-11H2,(H,19,22)(H,20,23). The molecular formula is C17H16IN3O4. The third kappa shape index (κ3) is 5.82. The van der Waals surface area contributed by atoms with E-state index in [1.807, 2.05) is 12.1 Å². The Balaban J connectivity index is 1.73. The predicted octanol–water partition coefficient (Wildman–Crippen LogP) is 2.29. The molecular weight excluding hydrogens is 437 g/mol. The molecule has 0 heterocycles. The average molecular weight is 453 g/mol. The Morgan fingerprint density at radius 3 is 2.36 bits per heavy atom. The van der Waals surface area contributed by atoms with Crippen LogP contribution in [0.5, 0.6) is 0 Å². The summed E-state index contributed by atoms with van der Waals surface area (Å²) >= 11 is 2.06. The van der Waals surface area contributed by atoms with Gasteiger partial charge in [-0.15, -0.1) is 0 Å². The Morgan fingerprint density at radius 2 is 1.72 bits per heavy atom. The third-order valence-corrected chi connectivity index (χ3v) is 4.35. The minimum absolute atomic E-state index is 0.0334. The second kappa shape index (κ2) is 9.11. The molecule has 8 heteroatoms. The van der Waals surface area contributed by atoms with E-state index in [9.17, 15) is 19.7 Å². The van der Waals surface area contributed by atoms with Crippen LogP contribution in [0.25, 0.3) is 0 Å². The van der Waals surface area contributed by atoms with E-state index >= 15 is 0 Å². The van der Waals surface area contributed by atoms with Crippen LogP contribution < -0.4 is 10.6 Å². The minimum atomic E-state index is -0.456. The van der Waals surface area contributed by atoms with Crippen molar-refractivity contribution in [3.8, 4) is 0 Å². The highest BCUT2D eigenvalue weighted by Crippen LogP contribution is 2.12. The largest absolute Gasteiger partial charge is 0.354 e. The molecule has 2 N–H and O–H groups in total. The molecule has 130 valence electrons. The van der Waals surface area contributed by atoms with Crippen LogP contribution in [0.1, 0.15) is 15.9 Å². The van der Waals surface area contributed by atoms with Gasteiger partial charge in [0.2, 0.25) is 5.91 Å². The van der Waals surface area contributed by atoms with Crippen LogP contribution in [-0.2, 0) is 11.2 Å². The summed E-state index contributed by atoms with van der Waals surface area (Å²) in [7, 11) is 0. The summed E-state index contributed by atoms with van der Waals surface area (Å²) in [5.41, 5.74) is 1.45. The molecule has 25 heavy (non-hydrogen) atoms. The van der Waals surface area contributed by atoms with Crippen molar-refractivity contribution in [3.05, 3.63) is 73.3 Å². The van der Waals surface area contributed by atoms with Crippen molar-refractivity contribution in [1.82, 2.24) is 10.6 Å². The van der Waals surface area contributed by atoms with E-state index in [2.05, 4.69) is 33.2 Å². The summed E-state index contributed by atoms with van der Waals surface area (Å²) in [6.45, 7) is 0.277. The van der Waals surface area contributed by atoms with Crippen LogP contribution in [0.3, 0.4) is 0 Å². The normalized spacial score (nSPS) is 10.1. The lowest BCUT2D eigenvalue weighted by Crippen LogP contribution is -2.37. The fraction of sp³-hybridized carbons (Fsp3) is 0.176. The highest BCUT2D eigenvalue weighted by atomic mass is 127. The Bertz CT molecular complexity index is 778. The van der Waals surface area contributed by atoms with Crippen molar-refractivity contribution >= 4 is 40.1 Å². The number of hydrogen-bond donors (Lipinski definition) is 2. The molecule has 7 nitrogen and oxygen atoms in total. The van der Waals surface area contributed by atoms with Crippen molar-refractivity contribution in [3.63, 3.8) is 0 Å². The smallest absolute Gasteiger partial charge is 0.269 e. The van der Waals surface area contributed by atoms with E-state index in [0.29, 0.717) is 18.5 Å². The van der Waals surface area contributed by atoms with Gasteiger partial charge in [0.1, 0.15) is 0 Å². The SMILES string of the molecule is O=C(CNC(=O)c1ccccc1I)NCCc1ccc([N+](=O)[O-])cc1. The molecule has 0 aliphatic heterocycles. The van der Waals surface area contributed by atoms with E-state index in [0.717, 1.165) is 9.13 Å². The quantitative estimate of drug-likeness (QED) is 0.382. The number of carbonyl (C=O) groups excluding carboxylic acids is 2. The maximum absolute atomic E-state index is 12.0. The minimum Gasteiger partial charge on any atom is -0.354 e. The number of nitro groups is 1. The highest BCUT2D eigenvalue weighted by molar-refractivity contribution is 14.1. The van der Waals surface area contributed by atoms with Crippen molar-refractivity contribution < 1.29 is 14.5 Å². The maximum atomic E-state index is 12.0. The number of carbonyl (C=O) groups is 2. The molecule has 0 unspecified atom stereocenters. The first kappa shape index (κ1) is 18.8. The molecule has 0 atom stereocenters. The van der Waals surface area contributed by atoms with Crippen LogP contribution in [0, 0.1) is 13.7 Å². The lowest BCUT2D eigenvalue weighted by molar-refractivity contribution is -0.384. The topological polar surface area (TPSA) is 101 Å². The van der Waals surface area contributed by atoms with Gasteiger partial charge in [-0.1, -0.05) is 24.3 Å². The monoisotopic (exact) mass is 453 g/mol. The average Bonchev–Trinajstić information content (AvgIpc) is 2.60. The van der Waals surface area contributed by atoms with Crippen LogP contribution in [-0.4, -0.2) is 29.8 Å². The molecule has 0 spiro atoms. The van der Waals surface area contributed by atoms with Crippen molar-refractivity contribution in [2.75, 3.05) is 13.1 Å². The number of nitrogens with zero attached hydrogens (tertiary/aromatic N) is 1. The zero-order valence-corrected chi connectivity index (χ0v) is 15.4. The molecule has 2 amide bonds. The van der Waals surface area contributed by atoms with Gasteiger partial charge in [0.25, 0.3) is 11.6 Å². The molecule has 0 fully saturated rings. The molecule has 0 bridgehead atoms. The fourth-order valence-corrected chi connectivity index (χ4v) is 2.73. The number of nitro benzene ring substituents is 1. The summed E-state index contributed by atoms with van der Waals surface area (Å²) in [6.07, 6.45) is 0.550. The molecule has 2 rings (SSSR count). The van der Waals surface area contributed by atoms with Crippen molar-refractivity contribution in [2.24, 2.45) is 0 Å². The Hall–Kier alpha value is -2.49. The first-order chi connectivity index (χ1) is 12.0. The Labute approximate surface area is 158 Å². The van der Waals surface area contributed by atoms with E-state index < -0.39 is 4.92 Å². The van der Waals surface area contributed by atoms with Crippen LogP contribution in [0.2, 0.25) is 0 Å². The maximum Gasteiger partial charge on any atom is 0.269 e. The van der Waals surface area contributed by atoms with Crippen LogP contribution >= 0.6 is 22.6 Å². The number of halogens is 1. The van der Waals surface area contributed by atoms with Gasteiger partial charge in [0.15, 0.2) is 0 Å². The van der Waals surface area contributed by atoms with E-state index in [1.165, 1.54) is 12.1 Å². The predicted molar refractivity (Wildman–Crippen MR) is 101 cm³/mol. The zero-order valence-electron chi connectivity index (χ0n) is 13.2. The first-order valence-electron chi connectivity index (χ1n) is 7.50. The van der Waals surface area contributed by atoms with Crippen LogP contribution in [0.4, 0.5) is 5.69 Å².